The second kappa shape index (κ2) is 9.95. The van der Waals surface area contributed by atoms with Crippen LogP contribution in [0.2, 0.25) is 5.02 Å². The molecule has 8 heteroatoms. The first-order chi connectivity index (χ1) is 17.4. The molecule has 182 valence electrons. The summed E-state index contributed by atoms with van der Waals surface area (Å²) in [5.74, 6) is 1.92. The highest BCUT2D eigenvalue weighted by molar-refractivity contribution is 6.30. The Kier molecular flexibility index (Phi) is 6.57. The summed E-state index contributed by atoms with van der Waals surface area (Å²) in [6.45, 7) is 3.86. The number of carbonyl (C=O) groups is 1. The van der Waals surface area contributed by atoms with E-state index >= 15 is 0 Å². The third-order valence-electron chi connectivity index (χ3n) is 6.31. The van der Waals surface area contributed by atoms with Gasteiger partial charge in [0.1, 0.15) is 17.6 Å². The van der Waals surface area contributed by atoms with E-state index in [1.807, 2.05) is 91.2 Å². The van der Waals surface area contributed by atoms with Crippen molar-refractivity contribution >= 4 is 23.2 Å². The molecule has 0 spiro atoms. The SMILES string of the molecule is COc1ccc2c(c1)C(c1ccc(Cl)cc1)=N[C@@H](CC(=O)N[C@H](C)c1ccccc1)c1nnc(C)n1-2. The molecule has 0 saturated heterocycles. The lowest BCUT2D eigenvalue weighted by Crippen LogP contribution is -2.28. The molecule has 0 fully saturated rings. The second-order valence-electron chi connectivity index (χ2n) is 8.73. The number of carbonyl (C=O) groups excluding carboxylic acids is 1. The van der Waals surface area contributed by atoms with Crippen molar-refractivity contribution in [1.82, 2.24) is 20.1 Å². The molecule has 4 aromatic rings. The van der Waals surface area contributed by atoms with Gasteiger partial charge in [0.15, 0.2) is 5.82 Å². The van der Waals surface area contributed by atoms with Crippen LogP contribution in [0.1, 0.15) is 53.8 Å². The van der Waals surface area contributed by atoms with E-state index in [0.717, 1.165) is 28.1 Å². The van der Waals surface area contributed by atoms with E-state index < -0.39 is 6.04 Å². The van der Waals surface area contributed by atoms with Gasteiger partial charge in [-0.05, 0) is 49.7 Å². The molecule has 1 aromatic heterocycles. The quantitative estimate of drug-likeness (QED) is 0.385. The number of methoxy groups -OCH3 is 1. The number of hydrogen-bond acceptors (Lipinski definition) is 5. The number of aryl methyl sites for hydroxylation is 1. The maximum atomic E-state index is 13.2. The number of hydrogen-bond donors (Lipinski definition) is 1. The van der Waals surface area contributed by atoms with Crippen LogP contribution in [0.15, 0.2) is 77.8 Å². The van der Waals surface area contributed by atoms with Gasteiger partial charge in [-0.2, -0.15) is 0 Å². The van der Waals surface area contributed by atoms with Gasteiger partial charge in [0.05, 0.1) is 31.0 Å². The highest BCUT2D eigenvalue weighted by atomic mass is 35.5. The summed E-state index contributed by atoms with van der Waals surface area (Å²) in [7, 11) is 1.63. The largest absolute Gasteiger partial charge is 0.497 e. The number of benzene rings is 3. The first-order valence-electron chi connectivity index (χ1n) is 11.7. The van der Waals surface area contributed by atoms with E-state index in [9.17, 15) is 4.79 Å². The van der Waals surface area contributed by atoms with Gasteiger partial charge in [-0.3, -0.25) is 14.4 Å². The summed E-state index contributed by atoms with van der Waals surface area (Å²) in [4.78, 5) is 18.3. The molecule has 3 aromatic carbocycles. The zero-order valence-electron chi connectivity index (χ0n) is 20.3. The van der Waals surface area contributed by atoms with Gasteiger partial charge in [0.25, 0.3) is 0 Å². The number of aromatic nitrogens is 3. The topological polar surface area (TPSA) is 81.4 Å². The normalized spacial score (nSPS) is 15.2. The molecule has 5 rings (SSSR count). The monoisotopic (exact) mass is 499 g/mol. The molecule has 1 N–H and O–H groups in total. The van der Waals surface area contributed by atoms with Crippen molar-refractivity contribution in [3.8, 4) is 11.4 Å². The molecular weight excluding hydrogens is 474 g/mol. The third kappa shape index (κ3) is 4.62. The molecule has 0 saturated carbocycles. The zero-order valence-corrected chi connectivity index (χ0v) is 21.0. The van der Waals surface area contributed by atoms with Gasteiger partial charge in [0, 0.05) is 16.1 Å². The van der Waals surface area contributed by atoms with Gasteiger partial charge in [0.2, 0.25) is 5.91 Å². The van der Waals surface area contributed by atoms with E-state index in [2.05, 4.69) is 15.5 Å². The lowest BCUT2D eigenvalue weighted by atomic mass is 10.00. The molecule has 0 aliphatic carbocycles. The Balaban J connectivity index is 1.58. The Morgan fingerprint density at radius 2 is 1.83 bits per heavy atom. The number of nitrogens with one attached hydrogen (secondary N) is 1. The fourth-order valence-electron chi connectivity index (χ4n) is 4.48. The summed E-state index contributed by atoms with van der Waals surface area (Å²) in [6.07, 6.45) is 0.123. The predicted octanol–water partition coefficient (Wildman–Crippen LogP) is 5.40. The Hall–Kier alpha value is -3.97. The van der Waals surface area contributed by atoms with Crippen LogP contribution in [-0.2, 0) is 4.79 Å². The Morgan fingerprint density at radius 1 is 1.08 bits per heavy atom. The summed E-state index contributed by atoms with van der Waals surface area (Å²) in [6, 6.07) is 22.5. The van der Waals surface area contributed by atoms with Crippen LogP contribution in [0.4, 0.5) is 0 Å². The molecule has 36 heavy (non-hydrogen) atoms. The zero-order chi connectivity index (χ0) is 25.2. The van der Waals surface area contributed by atoms with Crippen LogP contribution in [-0.4, -0.2) is 33.5 Å². The second-order valence-corrected chi connectivity index (χ2v) is 9.16. The van der Waals surface area contributed by atoms with Crippen LogP contribution >= 0.6 is 11.6 Å². The summed E-state index contributed by atoms with van der Waals surface area (Å²) < 4.78 is 7.49. The number of ether oxygens (including phenoxy) is 1. The third-order valence-corrected chi connectivity index (χ3v) is 6.56. The predicted molar refractivity (Wildman–Crippen MR) is 140 cm³/mol. The molecule has 2 atom stereocenters. The van der Waals surface area contributed by atoms with Crippen LogP contribution in [0.25, 0.3) is 5.69 Å². The fourth-order valence-corrected chi connectivity index (χ4v) is 4.60. The summed E-state index contributed by atoms with van der Waals surface area (Å²) in [5, 5.41) is 12.5. The van der Waals surface area contributed by atoms with Crippen LogP contribution in [0.5, 0.6) is 5.75 Å². The number of aliphatic imine (C=N–C) groups is 1. The standard InChI is InChI=1S/C28H26ClN5O2/c1-17(19-7-5-4-6-8-19)30-26(35)16-24-28-33-32-18(2)34(28)25-14-13-22(36-3)15-23(25)27(31-24)20-9-11-21(29)12-10-20/h4-15,17,24H,16H2,1-3H3,(H,30,35)/t17-,24+/m1/s1. The van der Waals surface area contributed by atoms with Crippen molar-refractivity contribution in [2.75, 3.05) is 7.11 Å². The first kappa shape index (κ1) is 23.8. The molecule has 7 nitrogen and oxygen atoms in total. The molecular formula is C28H26ClN5O2. The van der Waals surface area contributed by atoms with Gasteiger partial charge in [-0.1, -0.05) is 54.1 Å². The number of fused-ring (bicyclic) bond motifs is 3. The minimum Gasteiger partial charge on any atom is -0.497 e. The molecule has 0 radical (unpaired) electrons. The summed E-state index contributed by atoms with van der Waals surface area (Å²) >= 11 is 6.17. The van der Waals surface area contributed by atoms with Crippen LogP contribution in [0, 0.1) is 6.92 Å². The highest BCUT2D eigenvalue weighted by Gasteiger charge is 2.30. The van der Waals surface area contributed by atoms with Gasteiger partial charge >= 0.3 is 0 Å². The van der Waals surface area contributed by atoms with E-state index in [1.54, 1.807) is 7.11 Å². The Bertz CT molecular complexity index is 1430. The van der Waals surface area contributed by atoms with Crippen molar-refractivity contribution in [2.24, 2.45) is 4.99 Å². The number of nitrogens with zero attached hydrogens (tertiary/aromatic N) is 4. The van der Waals surface area contributed by atoms with Gasteiger partial charge in [-0.15, -0.1) is 10.2 Å². The van der Waals surface area contributed by atoms with E-state index in [1.165, 1.54) is 0 Å². The lowest BCUT2D eigenvalue weighted by Gasteiger charge is -2.17. The first-order valence-corrected chi connectivity index (χ1v) is 12.1. The van der Waals surface area contributed by atoms with Crippen LogP contribution in [0.3, 0.4) is 0 Å². The Labute approximate surface area is 214 Å². The lowest BCUT2D eigenvalue weighted by molar-refractivity contribution is -0.122. The smallest absolute Gasteiger partial charge is 0.223 e. The van der Waals surface area contributed by atoms with E-state index in [4.69, 9.17) is 21.3 Å². The average Bonchev–Trinajstić information content (AvgIpc) is 3.22. The minimum atomic E-state index is -0.543. The molecule has 1 amide bonds. The highest BCUT2D eigenvalue weighted by Crippen LogP contribution is 2.34. The molecule has 1 aliphatic rings. The molecule has 0 unspecified atom stereocenters. The average molecular weight is 500 g/mol. The fraction of sp³-hybridized carbons (Fsp3) is 0.214. The summed E-state index contributed by atoms with van der Waals surface area (Å²) in [5.41, 5.74) is 4.40. The van der Waals surface area contributed by atoms with Crippen molar-refractivity contribution in [3.05, 3.63) is 106 Å². The number of halogens is 1. The van der Waals surface area contributed by atoms with Gasteiger partial charge in [-0.25, -0.2) is 0 Å². The Morgan fingerprint density at radius 3 is 2.56 bits per heavy atom. The van der Waals surface area contributed by atoms with Gasteiger partial charge < -0.3 is 10.1 Å². The molecule has 0 bridgehead atoms. The van der Waals surface area contributed by atoms with Crippen LogP contribution < -0.4 is 10.1 Å². The maximum absolute atomic E-state index is 13.2. The van der Waals surface area contributed by atoms with Crippen molar-refractivity contribution in [1.29, 1.82) is 0 Å². The van der Waals surface area contributed by atoms with Crippen molar-refractivity contribution in [3.63, 3.8) is 0 Å². The van der Waals surface area contributed by atoms with E-state index in [0.29, 0.717) is 22.4 Å². The van der Waals surface area contributed by atoms with Crippen molar-refractivity contribution in [2.45, 2.75) is 32.4 Å². The maximum Gasteiger partial charge on any atom is 0.223 e. The van der Waals surface area contributed by atoms with E-state index in [-0.39, 0.29) is 18.4 Å². The number of rotatable bonds is 6. The molecule has 1 aliphatic heterocycles. The molecule has 2 heterocycles. The van der Waals surface area contributed by atoms with Crippen molar-refractivity contribution < 1.29 is 9.53 Å². The minimum absolute atomic E-state index is 0.119. The number of amides is 1.